The third-order valence-corrected chi connectivity index (χ3v) is 4.49. The minimum Gasteiger partial charge on any atom is -0.469 e. The lowest BCUT2D eigenvalue weighted by Gasteiger charge is -2.30. The molecule has 3 rings (SSSR count). The van der Waals surface area contributed by atoms with Gasteiger partial charge in [0.25, 0.3) is 0 Å². The number of rotatable bonds is 6. The Labute approximate surface area is 164 Å². The fourth-order valence-corrected chi connectivity index (χ4v) is 3.07. The molecule has 1 N–H and O–H groups in total. The Morgan fingerprint density at radius 2 is 1.89 bits per heavy atom. The molecule has 1 aliphatic heterocycles. The van der Waals surface area contributed by atoms with Gasteiger partial charge in [-0.1, -0.05) is 30.3 Å². The molecule has 6 nitrogen and oxygen atoms in total. The fraction of sp³-hybridized carbons (Fsp3) is 0.273. The van der Waals surface area contributed by atoms with Crippen LogP contribution in [0.3, 0.4) is 0 Å². The molecule has 6 heteroatoms. The van der Waals surface area contributed by atoms with Crippen LogP contribution in [0.2, 0.25) is 0 Å². The lowest BCUT2D eigenvalue weighted by atomic mass is 10.1. The molecular formula is C22H24N2O4. The summed E-state index contributed by atoms with van der Waals surface area (Å²) in [5.41, 5.74) is 3.37. The molecule has 1 aliphatic rings. The first-order chi connectivity index (χ1) is 13.7. The lowest BCUT2D eigenvalue weighted by Crippen LogP contribution is -2.37. The largest absolute Gasteiger partial charge is 0.469 e. The Bertz CT molecular complexity index is 843. The van der Waals surface area contributed by atoms with Crippen LogP contribution in [0.15, 0.2) is 54.6 Å². The van der Waals surface area contributed by atoms with Gasteiger partial charge in [0.1, 0.15) is 0 Å². The minimum absolute atomic E-state index is 0.146. The van der Waals surface area contributed by atoms with Crippen molar-refractivity contribution < 1.29 is 19.1 Å². The van der Waals surface area contributed by atoms with E-state index in [1.165, 1.54) is 13.2 Å². The van der Waals surface area contributed by atoms with Gasteiger partial charge in [0.15, 0.2) is 0 Å². The molecule has 0 spiro atoms. The number of nitrogens with one attached hydrogen (secondary N) is 1. The third kappa shape index (κ3) is 5.44. The zero-order valence-electron chi connectivity index (χ0n) is 15.9. The van der Waals surface area contributed by atoms with E-state index in [1.54, 1.807) is 6.08 Å². The molecule has 0 aromatic heterocycles. The van der Waals surface area contributed by atoms with Crippen LogP contribution in [-0.2, 0) is 25.5 Å². The van der Waals surface area contributed by atoms with E-state index in [2.05, 4.69) is 10.2 Å². The van der Waals surface area contributed by atoms with Gasteiger partial charge in [-0.3, -0.25) is 9.59 Å². The molecule has 0 bridgehead atoms. The highest BCUT2D eigenvalue weighted by Crippen LogP contribution is 2.26. The Morgan fingerprint density at radius 1 is 1.14 bits per heavy atom. The van der Waals surface area contributed by atoms with Crippen molar-refractivity contribution in [1.29, 1.82) is 0 Å². The second-order valence-electron chi connectivity index (χ2n) is 6.43. The van der Waals surface area contributed by atoms with E-state index < -0.39 is 0 Å². The first-order valence-corrected chi connectivity index (χ1v) is 9.22. The van der Waals surface area contributed by atoms with E-state index in [4.69, 9.17) is 9.47 Å². The zero-order chi connectivity index (χ0) is 19.8. The number of carbonyl (C=O) groups excluding carboxylic acids is 2. The van der Waals surface area contributed by atoms with E-state index in [0.29, 0.717) is 18.9 Å². The maximum absolute atomic E-state index is 12.2. The number of benzene rings is 2. The van der Waals surface area contributed by atoms with E-state index in [-0.39, 0.29) is 18.3 Å². The Kier molecular flexibility index (Phi) is 6.81. The maximum atomic E-state index is 12.2. The predicted octanol–water partition coefficient (Wildman–Crippen LogP) is 2.89. The monoisotopic (exact) mass is 380 g/mol. The van der Waals surface area contributed by atoms with Crippen LogP contribution in [0.4, 0.5) is 11.4 Å². The summed E-state index contributed by atoms with van der Waals surface area (Å²) >= 11 is 0. The Balaban J connectivity index is 1.75. The molecule has 146 valence electrons. The summed E-state index contributed by atoms with van der Waals surface area (Å²) in [7, 11) is 1.37. The number of methoxy groups -OCH3 is 1. The summed E-state index contributed by atoms with van der Waals surface area (Å²) in [4.78, 5) is 26.3. The standard InChI is InChI=1S/C22H24N2O4/c1-27-22(26)16-18-15-19(8-9-20(18)24-11-13-28-14-12-24)23-21(25)10-7-17-5-3-2-4-6-17/h2-10,15H,11-14,16H2,1H3,(H,23,25)/b10-7+. The van der Waals surface area contributed by atoms with Crippen LogP contribution in [0, 0.1) is 0 Å². The summed E-state index contributed by atoms with van der Waals surface area (Å²) in [6.45, 7) is 2.83. The van der Waals surface area contributed by atoms with Gasteiger partial charge in [0, 0.05) is 30.5 Å². The number of morpholine rings is 1. The van der Waals surface area contributed by atoms with Crippen molar-refractivity contribution in [2.45, 2.75) is 6.42 Å². The van der Waals surface area contributed by atoms with Gasteiger partial charge in [-0.15, -0.1) is 0 Å². The van der Waals surface area contributed by atoms with Crippen LogP contribution < -0.4 is 10.2 Å². The molecular weight excluding hydrogens is 356 g/mol. The Hall–Kier alpha value is -3.12. The van der Waals surface area contributed by atoms with Crippen LogP contribution in [0.1, 0.15) is 11.1 Å². The van der Waals surface area contributed by atoms with E-state index >= 15 is 0 Å². The molecule has 2 aromatic carbocycles. The zero-order valence-corrected chi connectivity index (χ0v) is 15.9. The SMILES string of the molecule is COC(=O)Cc1cc(NC(=O)/C=C/c2ccccc2)ccc1N1CCOCC1. The number of carbonyl (C=O) groups is 2. The molecule has 1 heterocycles. The highest BCUT2D eigenvalue weighted by atomic mass is 16.5. The Morgan fingerprint density at radius 3 is 2.61 bits per heavy atom. The number of ether oxygens (including phenoxy) is 2. The van der Waals surface area contributed by atoms with Crippen LogP contribution in [0.25, 0.3) is 6.08 Å². The number of nitrogens with zero attached hydrogens (tertiary/aromatic N) is 1. The summed E-state index contributed by atoms with van der Waals surface area (Å²) in [5, 5.41) is 2.85. The maximum Gasteiger partial charge on any atom is 0.310 e. The molecule has 28 heavy (non-hydrogen) atoms. The number of hydrogen-bond donors (Lipinski definition) is 1. The fourth-order valence-electron chi connectivity index (χ4n) is 3.07. The second kappa shape index (κ2) is 9.71. The van der Waals surface area contributed by atoms with E-state index in [1.807, 2.05) is 48.5 Å². The second-order valence-corrected chi connectivity index (χ2v) is 6.43. The molecule has 0 saturated carbocycles. The van der Waals surface area contributed by atoms with E-state index in [0.717, 1.165) is 29.9 Å². The summed E-state index contributed by atoms with van der Waals surface area (Å²) < 4.78 is 10.2. The van der Waals surface area contributed by atoms with Crippen molar-refractivity contribution in [3.05, 3.63) is 65.7 Å². The minimum atomic E-state index is -0.318. The van der Waals surface area contributed by atoms with Crippen LogP contribution >= 0.6 is 0 Å². The first kappa shape index (κ1) is 19.6. The van der Waals surface area contributed by atoms with Crippen molar-refractivity contribution in [1.82, 2.24) is 0 Å². The van der Waals surface area contributed by atoms with Crippen LogP contribution in [0.5, 0.6) is 0 Å². The van der Waals surface area contributed by atoms with Crippen LogP contribution in [-0.4, -0.2) is 45.3 Å². The number of anilines is 2. The normalized spacial score (nSPS) is 14.1. The first-order valence-electron chi connectivity index (χ1n) is 9.22. The number of esters is 1. The van der Waals surface area contributed by atoms with E-state index in [9.17, 15) is 9.59 Å². The smallest absolute Gasteiger partial charge is 0.310 e. The van der Waals surface area contributed by atoms with Gasteiger partial charge in [0.05, 0.1) is 26.7 Å². The van der Waals surface area contributed by atoms with Gasteiger partial charge < -0.3 is 19.7 Å². The van der Waals surface area contributed by atoms with Crippen molar-refractivity contribution >= 4 is 29.3 Å². The molecule has 0 radical (unpaired) electrons. The van der Waals surface area contributed by atoms with Crippen molar-refractivity contribution in [3.63, 3.8) is 0 Å². The molecule has 1 amide bonds. The van der Waals surface area contributed by atoms with Gasteiger partial charge in [-0.05, 0) is 35.4 Å². The average Bonchev–Trinajstić information content (AvgIpc) is 2.74. The molecule has 0 atom stereocenters. The molecule has 0 unspecified atom stereocenters. The van der Waals surface area contributed by atoms with Crippen molar-refractivity contribution in [2.24, 2.45) is 0 Å². The number of amides is 1. The van der Waals surface area contributed by atoms with Crippen molar-refractivity contribution in [3.8, 4) is 0 Å². The van der Waals surface area contributed by atoms with Gasteiger partial charge in [-0.25, -0.2) is 0 Å². The predicted molar refractivity (Wildman–Crippen MR) is 109 cm³/mol. The van der Waals surface area contributed by atoms with Gasteiger partial charge in [0.2, 0.25) is 5.91 Å². The van der Waals surface area contributed by atoms with Crippen molar-refractivity contribution in [2.75, 3.05) is 43.6 Å². The molecule has 0 aliphatic carbocycles. The van der Waals surface area contributed by atoms with Gasteiger partial charge in [-0.2, -0.15) is 0 Å². The topological polar surface area (TPSA) is 67.9 Å². The summed E-state index contributed by atoms with van der Waals surface area (Å²) in [6, 6.07) is 15.2. The molecule has 1 fully saturated rings. The lowest BCUT2D eigenvalue weighted by molar-refractivity contribution is -0.139. The highest BCUT2D eigenvalue weighted by Gasteiger charge is 2.17. The summed E-state index contributed by atoms with van der Waals surface area (Å²) in [6.07, 6.45) is 3.39. The molecule has 2 aromatic rings. The highest BCUT2D eigenvalue weighted by molar-refractivity contribution is 6.02. The van der Waals surface area contributed by atoms with Gasteiger partial charge >= 0.3 is 5.97 Å². The third-order valence-electron chi connectivity index (χ3n) is 4.49. The quantitative estimate of drug-likeness (QED) is 0.617. The number of hydrogen-bond acceptors (Lipinski definition) is 5. The summed E-state index contributed by atoms with van der Waals surface area (Å²) in [5.74, 6) is -0.547. The molecule has 1 saturated heterocycles. The average molecular weight is 380 g/mol.